The van der Waals surface area contributed by atoms with Crippen molar-refractivity contribution in [3.63, 3.8) is 0 Å². The van der Waals surface area contributed by atoms with Gasteiger partial charge in [0.15, 0.2) is 0 Å². The zero-order valence-corrected chi connectivity index (χ0v) is 4.43. The average Bonchev–Trinajstić information content (AvgIpc) is 2.08. The Balaban J connectivity index is 2.00. The van der Waals surface area contributed by atoms with Crippen LogP contribution >= 0.6 is 0 Å². The van der Waals surface area contributed by atoms with Crippen LogP contribution in [-0.2, 0) is 0 Å². The van der Waals surface area contributed by atoms with Gasteiger partial charge in [-0.1, -0.05) is 19.2 Å². The van der Waals surface area contributed by atoms with Crippen molar-refractivity contribution in [3.8, 4) is 0 Å². The molecule has 0 heterocycles. The molecule has 0 saturated heterocycles. The minimum atomic E-state index is 0.176. The van der Waals surface area contributed by atoms with Gasteiger partial charge in [-0.3, -0.25) is 0 Å². The van der Waals surface area contributed by atoms with Gasteiger partial charge in [-0.15, -0.1) is 0 Å². The molecule has 0 aromatic rings. The Hall–Kier alpha value is 0. The first-order valence-electron chi connectivity index (χ1n) is 4.27. The standard InChI is InChI=1S/C7H12/c1-2-6-4-5-7(6)3-1/h6-7H,1-5H2/i1D,4D. The molecule has 0 radical (unpaired) electrons. The van der Waals surface area contributed by atoms with Crippen LogP contribution in [0.15, 0.2) is 0 Å². The molecule has 2 fully saturated rings. The second-order valence-electron chi connectivity index (χ2n) is 2.66. The first-order valence-corrected chi connectivity index (χ1v) is 3.12. The molecule has 0 aromatic heterocycles. The molecule has 0 bridgehead atoms. The van der Waals surface area contributed by atoms with Gasteiger partial charge in [0.25, 0.3) is 0 Å². The van der Waals surface area contributed by atoms with Crippen molar-refractivity contribution >= 4 is 0 Å². The van der Waals surface area contributed by atoms with Crippen LogP contribution in [0.2, 0.25) is 0 Å². The second-order valence-corrected chi connectivity index (χ2v) is 2.66. The van der Waals surface area contributed by atoms with E-state index in [4.69, 9.17) is 2.74 Å². The molecule has 4 unspecified atom stereocenters. The second kappa shape index (κ2) is 1.24. The Labute approximate surface area is 47.7 Å². The Kier molecular flexibility index (Phi) is 0.446. The van der Waals surface area contributed by atoms with Gasteiger partial charge in [0, 0.05) is 2.74 Å². The molecule has 2 aliphatic carbocycles. The quantitative estimate of drug-likeness (QED) is 0.435. The Morgan fingerprint density at radius 2 is 2.00 bits per heavy atom. The van der Waals surface area contributed by atoms with E-state index >= 15 is 0 Å². The van der Waals surface area contributed by atoms with Crippen LogP contribution in [0.25, 0.3) is 0 Å². The lowest BCUT2D eigenvalue weighted by Crippen LogP contribution is -2.18. The maximum absolute atomic E-state index is 7.45. The summed E-state index contributed by atoms with van der Waals surface area (Å²) in [4.78, 5) is 0. The van der Waals surface area contributed by atoms with Gasteiger partial charge in [-0.25, -0.2) is 0 Å². The molecule has 0 amide bonds. The summed E-state index contributed by atoms with van der Waals surface area (Å²) < 4.78 is 14.9. The minimum absolute atomic E-state index is 0.176. The lowest BCUT2D eigenvalue weighted by atomic mass is 9.77. The molecule has 2 rings (SSSR count). The van der Waals surface area contributed by atoms with Crippen molar-refractivity contribution in [1.82, 2.24) is 0 Å². The Bertz CT molecular complexity index is 124. The van der Waals surface area contributed by atoms with Gasteiger partial charge in [0.1, 0.15) is 0 Å². The molecule has 0 N–H and O–H groups in total. The fraction of sp³-hybridized carbons (Fsp3) is 1.00. The normalized spacial score (nSPS) is 73.1. The number of hydrogen-bond acceptors (Lipinski definition) is 0. The summed E-state index contributed by atoms with van der Waals surface area (Å²) in [6, 6.07) is 0. The molecular weight excluding hydrogens is 84.1 g/mol. The van der Waals surface area contributed by atoms with Crippen molar-refractivity contribution in [2.45, 2.75) is 32.1 Å². The molecule has 0 aromatic carbocycles. The number of rotatable bonds is 0. The monoisotopic (exact) mass is 98.1 g/mol. The van der Waals surface area contributed by atoms with Gasteiger partial charge in [0.05, 0.1) is 0 Å². The third kappa shape index (κ3) is 0.427. The lowest BCUT2D eigenvalue weighted by molar-refractivity contribution is 0.219. The zero-order valence-electron chi connectivity index (χ0n) is 6.43. The summed E-state index contributed by atoms with van der Waals surface area (Å²) in [5, 5.41) is 0. The summed E-state index contributed by atoms with van der Waals surface area (Å²) in [5.41, 5.74) is 0. The molecule has 4 atom stereocenters. The van der Waals surface area contributed by atoms with Crippen molar-refractivity contribution in [2.24, 2.45) is 11.8 Å². The average molecular weight is 98.2 g/mol. The highest BCUT2D eigenvalue weighted by atomic mass is 14.4. The summed E-state index contributed by atoms with van der Waals surface area (Å²) in [6.07, 6.45) is 3.56. The summed E-state index contributed by atoms with van der Waals surface area (Å²) in [7, 11) is 0. The Morgan fingerprint density at radius 1 is 1.14 bits per heavy atom. The van der Waals surface area contributed by atoms with E-state index in [1.54, 1.807) is 0 Å². The van der Waals surface area contributed by atoms with E-state index in [2.05, 4.69) is 0 Å². The molecule has 0 spiro atoms. The highest BCUT2D eigenvalue weighted by molar-refractivity contribution is 4.85. The van der Waals surface area contributed by atoms with Crippen molar-refractivity contribution in [3.05, 3.63) is 0 Å². The number of hydrogen-bond donors (Lipinski definition) is 0. The molecule has 2 saturated carbocycles. The van der Waals surface area contributed by atoms with Crippen LogP contribution in [0.4, 0.5) is 0 Å². The third-order valence-corrected chi connectivity index (χ3v) is 2.26. The van der Waals surface area contributed by atoms with Crippen molar-refractivity contribution in [2.75, 3.05) is 0 Å². The molecule has 0 nitrogen and oxygen atoms in total. The van der Waals surface area contributed by atoms with E-state index in [1.165, 1.54) is 0 Å². The predicted octanol–water partition coefficient (Wildman–Crippen LogP) is 2.20. The topological polar surface area (TPSA) is 0 Å². The first-order chi connectivity index (χ1) is 4.27. The van der Waals surface area contributed by atoms with E-state index in [9.17, 15) is 0 Å². The largest absolute Gasteiger partial charge is 0.0528 e. The molecule has 2 aliphatic rings. The molecule has 40 valence electrons. The van der Waals surface area contributed by atoms with E-state index in [0.717, 1.165) is 25.2 Å². The fourth-order valence-electron chi connectivity index (χ4n) is 1.58. The van der Waals surface area contributed by atoms with Crippen molar-refractivity contribution in [1.29, 1.82) is 0 Å². The van der Waals surface area contributed by atoms with Gasteiger partial charge in [-0.05, 0) is 24.7 Å². The fourth-order valence-corrected chi connectivity index (χ4v) is 1.58. The Morgan fingerprint density at radius 3 is 2.57 bits per heavy atom. The SMILES string of the molecule is [2H]C1CC2CC([2H])C2C1. The maximum Gasteiger partial charge on any atom is 0.0270 e. The highest BCUT2D eigenvalue weighted by Crippen LogP contribution is 2.46. The summed E-state index contributed by atoms with van der Waals surface area (Å²) in [5.74, 6) is 1.39. The van der Waals surface area contributed by atoms with Gasteiger partial charge in [0.2, 0.25) is 0 Å². The highest BCUT2D eigenvalue weighted by Gasteiger charge is 2.34. The predicted molar refractivity (Wildman–Crippen MR) is 30.1 cm³/mol. The zero-order chi connectivity index (χ0) is 6.43. The van der Waals surface area contributed by atoms with E-state index in [-0.39, 0.29) is 12.8 Å². The van der Waals surface area contributed by atoms with Crippen LogP contribution in [0.1, 0.15) is 34.8 Å². The van der Waals surface area contributed by atoms with Crippen LogP contribution in [0.5, 0.6) is 0 Å². The number of fused-ring (bicyclic) bond motifs is 1. The van der Waals surface area contributed by atoms with Crippen LogP contribution in [0.3, 0.4) is 0 Å². The smallest absolute Gasteiger partial charge is 0.0270 e. The summed E-state index contributed by atoms with van der Waals surface area (Å²) in [6.45, 7) is 0. The van der Waals surface area contributed by atoms with Gasteiger partial charge >= 0.3 is 0 Å². The van der Waals surface area contributed by atoms with Crippen LogP contribution in [0, 0.1) is 11.8 Å². The van der Waals surface area contributed by atoms with E-state index < -0.39 is 0 Å². The lowest BCUT2D eigenvalue weighted by Gasteiger charge is -2.29. The summed E-state index contributed by atoms with van der Waals surface area (Å²) >= 11 is 0. The van der Waals surface area contributed by atoms with Crippen molar-refractivity contribution < 1.29 is 2.74 Å². The molecule has 0 heteroatoms. The maximum atomic E-state index is 7.45. The van der Waals surface area contributed by atoms with Gasteiger partial charge in [-0.2, -0.15) is 0 Å². The molecular formula is C7H12. The molecule has 7 heavy (non-hydrogen) atoms. The molecule has 0 aliphatic heterocycles. The van der Waals surface area contributed by atoms with E-state index in [1.807, 2.05) is 0 Å². The van der Waals surface area contributed by atoms with Gasteiger partial charge < -0.3 is 0 Å². The first kappa shape index (κ1) is 2.52. The van der Waals surface area contributed by atoms with E-state index in [0.29, 0.717) is 5.92 Å². The van der Waals surface area contributed by atoms with Crippen LogP contribution in [-0.4, -0.2) is 0 Å². The minimum Gasteiger partial charge on any atom is -0.0528 e. The third-order valence-electron chi connectivity index (χ3n) is 2.26. The van der Waals surface area contributed by atoms with Crippen LogP contribution < -0.4 is 0 Å².